The van der Waals surface area contributed by atoms with Gasteiger partial charge in [-0.2, -0.15) is 0 Å². The fraction of sp³-hybridized carbons (Fsp3) is 0.727. The fourth-order valence-corrected chi connectivity index (χ4v) is 2.07. The summed E-state index contributed by atoms with van der Waals surface area (Å²) < 4.78 is 9.65. The molecule has 1 saturated heterocycles. The molecule has 1 unspecified atom stereocenters. The molecule has 2 amide bonds. The summed E-state index contributed by atoms with van der Waals surface area (Å²) in [4.78, 5) is 36.4. The van der Waals surface area contributed by atoms with Crippen molar-refractivity contribution in [3.63, 3.8) is 0 Å². The monoisotopic (exact) mass is 336 g/mol. The number of amides is 2. The van der Waals surface area contributed by atoms with E-state index in [2.05, 4.69) is 21.2 Å². The van der Waals surface area contributed by atoms with Crippen LogP contribution in [0.25, 0.3) is 0 Å². The van der Waals surface area contributed by atoms with Crippen LogP contribution in [0.2, 0.25) is 0 Å². The molecule has 1 fully saturated rings. The van der Waals surface area contributed by atoms with Gasteiger partial charge in [0.2, 0.25) is 11.8 Å². The number of carbonyl (C=O) groups is 3. The molecule has 1 atom stereocenters. The number of ether oxygens (including phenoxy) is 2. The Morgan fingerprint density at radius 3 is 2.84 bits per heavy atom. The van der Waals surface area contributed by atoms with Crippen molar-refractivity contribution in [1.82, 2.24) is 10.2 Å². The number of alkyl halides is 1. The average Bonchev–Trinajstić information content (AvgIpc) is 2.40. The minimum absolute atomic E-state index is 0.121. The lowest BCUT2D eigenvalue weighted by atomic mass is 10.1. The molecular weight excluding hydrogens is 320 g/mol. The van der Waals surface area contributed by atoms with E-state index in [9.17, 15) is 14.4 Å². The van der Waals surface area contributed by atoms with E-state index in [-0.39, 0.29) is 30.2 Å². The predicted octanol–water partition coefficient (Wildman–Crippen LogP) is -0.712. The van der Waals surface area contributed by atoms with Crippen molar-refractivity contribution in [3.8, 4) is 0 Å². The van der Waals surface area contributed by atoms with Gasteiger partial charge in [0.15, 0.2) is 0 Å². The van der Waals surface area contributed by atoms with Crippen molar-refractivity contribution in [3.05, 3.63) is 0 Å². The molecule has 0 aromatic heterocycles. The summed E-state index contributed by atoms with van der Waals surface area (Å²) >= 11 is 3.06. The standard InChI is InChI=1S/C11H17BrN2O5/c1-18-4-5-19-10(16)6-8-11(17)13-2-3-14(8)9(15)7-12/h8H,2-7H2,1H3,(H,13,17). The van der Waals surface area contributed by atoms with Crippen molar-refractivity contribution in [2.24, 2.45) is 0 Å². The van der Waals surface area contributed by atoms with Gasteiger partial charge in [0.1, 0.15) is 12.6 Å². The molecule has 1 N–H and O–H groups in total. The van der Waals surface area contributed by atoms with Crippen molar-refractivity contribution >= 4 is 33.7 Å². The first-order chi connectivity index (χ1) is 9.10. The molecule has 8 heteroatoms. The summed E-state index contributed by atoms with van der Waals surface area (Å²) in [7, 11) is 1.50. The van der Waals surface area contributed by atoms with Gasteiger partial charge in [0.05, 0.1) is 18.4 Å². The molecule has 0 saturated carbocycles. The van der Waals surface area contributed by atoms with Crippen LogP contribution in [0.3, 0.4) is 0 Å². The highest BCUT2D eigenvalue weighted by atomic mass is 79.9. The zero-order valence-electron chi connectivity index (χ0n) is 10.7. The molecule has 19 heavy (non-hydrogen) atoms. The number of carbonyl (C=O) groups excluding carboxylic acids is 3. The first-order valence-electron chi connectivity index (χ1n) is 5.87. The summed E-state index contributed by atoms with van der Waals surface area (Å²) in [5.41, 5.74) is 0. The second kappa shape index (κ2) is 8.11. The molecule has 7 nitrogen and oxygen atoms in total. The molecule has 1 heterocycles. The third kappa shape index (κ3) is 4.79. The highest BCUT2D eigenvalue weighted by Crippen LogP contribution is 2.11. The Morgan fingerprint density at radius 2 is 2.21 bits per heavy atom. The molecule has 0 aromatic rings. The summed E-state index contributed by atoms with van der Waals surface area (Å²) in [6, 6.07) is -0.797. The summed E-state index contributed by atoms with van der Waals surface area (Å²) in [6.07, 6.45) is -0.145. The molecule has 0 aliphatic carbocycles. The van der Waals surface area contributed by atoms with Crippen LogP contribution < -0.4 is 5.32 Å². The van der Waals surface area contributed by atoms with Gasteiger partial charge in [-0.1, -0.05) is 15.9 Å². The molecule has 0 bridgehead atoms. The molecule has 0 radical (unpaired) electrons. The number of hydrogen-bond donors (Lipinski definition) is 1. The maximum absolute atomic E-state index is 11.7. The lowest BCUT2D eigenvalue weighted by molar-refractivity contribution is -0.152. The average molecular weight is 337 g/mol. The second-order valence-corrected chi connectivity index (χ2v) is 4.51. The number of nitrogens with zero attached hydrogens (tertiary/aromatic N) is 1. The van der Waals surface area contributed by atoms with E-state index in [1.165, 1.54) is 12.0 Å². The maximum Gasteiger partial charge on any atom is 0.308 e. The van der Waals surface area contributed by atoms with E-state index < -0.39 is 12.0 Å². The van der Waals surface area contributed by atoms with Crippen LogP contribution in [-0.2, 0) is 23.9 Å². The highest BCUT2D eigenvalue weighted by molar-refractivity contribution is 9.09. The number of piperazine rings is 1. The molecule has 1 rings (SSSR count). The third-order valence-corrected chi connectivity index (χ3v) is 3.16. The lowest BCUT2D eigenvalue weighted by Gasteiger charge is -2.34. The van der Waals surface area contributed by atoms with Crippen molar-refractivity contribution < 1.29 is 23.9 Å². The smallest absolute Gasteiger partial charge is 0.308 e. The Morgan fingerprint density at radius 1 is 1.47 bits per heavy atom. The van der Waals surface area contributed by atoms with Crippen LogP contribution >= 0.6 is 15.9 Å². The number of esters is 1. The highest BCUT2D eigenvalue weighted by Gasteiger charge is 2.34. The normalized spacial score (nSPS) is 18.9. The van der Waals surface area contributed by atoms with Gasteiger partial charge < -0.3 is 19.7 Å². The Labute approximate surface area is 119 Å². The fourth-order valence-electron chi connectivity index (χ4n) is 1.75. The number of halogens is 1. The minimum Gasteiger partial charge on any atom is -0.463 e. The number of hydrogen-bond acceptors (Lipinski definition) is 5. The molecule has 0 aromatic carbocycles. The number of nitrogens with one attached hydrogen (secondary N) is 1. The quantitative estimate of drug-likeness (QED) is 0.393. The van der Waals surface area contributed by atoms with Gasteiger partial charge in [0.25, 0.3) is 0 Å². The van der Waals surface area contributed by atoms with Crippen molar-refractivity contribution in [2.45, 2.75) is 12.5 Å². The van der Waals surface area contributed by atoms with Crippen LogP contribution in [0, 0.1) is 0 Å². The Balaban J connectivity index is 2.57. The van der Waals surface area contributed by atoms with Gasteiger partial charge in [-0.05, 0) is 0 Å². The Hall–Kier alpha value is -1.15. The van der Waals surface area contributed by atoms with E-state index in [1.54, 1.807) is 0 Å². The molecule has 1 aliphatic heterocycles. The number of rotatable bonds is 6. The van der Waals surface area contributed by atoms with E-state index in [1.807, 2.05) is 0 Å². The summed E-state index contributed by atoms with van der Waals surface area (Å²) in [5.74, 6) is -1.07. The van der Waals surface area contributed by atoms with E-state index in [0.717, 1.165) is 0 Å². The third-order valence-electron chi connectivity index (χ3n) is 2.68. The largest absolute Gasteiger partial charge is 0.463 e. The molecule has 1 aliphatic rings. The predicted molar refractivity (Wildman–Crippen MR) is 69.8 cm³/mol. The van der Waals surface area contributed by atoms with Gasteiger partial charge in [-0.15, -0.1) is 0 Å². The van der Waals surface area contributed by atoms with Gasteiger partial charge in [-0.25, -0.2) is 0 Å². The van der Waals surface area contributed by atoms with E-state index in [0.29, 0.717) is 19.7 Å². The second-order valence-electron chi connectivity index (χ2n) is 3.94. The summed E-state index contributed by atoms with van der Waals surface area (Å²) in [5, 5.41) is 2.75. The van der Waals surface area contributed by atoms with E-state index in [4.69, 9.17) is 9.47 Å². The Kier molecular flexibility index (Phi) is 6.79. The maximum atomic E-state index is 11.7. The van der Waals surface area contributed by atoms with Crippen molar-refractivity contribution in [1.29, 1.82) is 0 Å². The van der Waals surface area contributed by atoms with E-state index >= 15 is 0 Å². The van der Waals surface area contributed by atoms with Crippen molar-refractivity contribution in [2.75, 3.05) is 38.7 Å². The lowest BCUT2D eigenvalue weighted by Crippen LogP contribution is -2.58. The van der Waals surface area contributed by atoms with Crippen LogP contribution in [0.15, 0.2) is 0 Å². The van der Waals surface area contributed by atoms with Gasteiger partial charge in [0, 0.05) is 20.2 Å². The zero-order chi connectivity index (χ0) is 14.3. The van der Waals surface area contributed by atoms with Crippen LogP contribution in [-0.4, -0.2) is 67.5 Å². The topological polar surface area (TPSA) is 84.9 Å². The molecule has 108 valence electrons. The van der Waals surface area contributed by atoms with Gasteiger partial charge in [-0.3, -0.25) is 14.4 Å². The van der Waals surface area contributed by atoms with Gasteiger partial charge >= 0.3 is 5.97 Å². The minimum atomic E-state index is -0.797. The summed E-state index contributed by atoms with van der Waals surface area (Å²) in [6.45, 7) is 1.22. The van der Waals surface area contributed by atoms with Crippen LogP contribution in [0.5, 0.6) is 0 Å². The molecular formula is C11H17BrN2O5. The van der Waals surface area contributed by atoms with Crippen LogP contribution in [0.1, 0.15) is 6.42 Å². The zero-order valence-corrected chi connectivity index (χ0v) is 12.3. The SMILES string of the molecule is COCCOC(=O)CC1C(=O)NCCN1C(=O)CBr. The van der Waals surface area contributed by atoms with Crippen LogP contribution in [0.4, 0.5) is 0 Å². The number of methoxy groups -OCH3 is 1. The Bertz CT molecular complexity index is 350. The first kappa shape index (κ1) is 15.9. The molecule has 0 spiro atoms. The first-order valence-corrected chi connectivity index (χ1v) is 7.00.